The Morgan fingerprint density at radius 2 is 2.29 bits per heavy atom. The highest BCUT2D eigenvalue weighted by Gasteiger charge is 2.15. The molecule has 1 atom stereocenters. The summed E-state index contributed by atoms with van der Waals surface area (Å²) in [6.07, 6.45) is 1.29. The van der Waals surface area contributed by atoms with Gasteiger partial charge in [-0.3, -0.25) is 0 Å². The highest BCUT2D eigenvalue weighted by molar-refractivity contribution is 6.29. The van der Waals surface area contributed by atoms with Gasteiger partial charge in [-0.2, -0.15) is 0 Å². The van der Waals surface area contributed by atoms with Gasteiger partial charge in [-0.15, -0.1) is 0 Å². The molecule has 1 rings (SSSR count). The minimum atomic E-state index is -1.06. The van der Waals surface area contributed by atoms with Crippen LogP contribution in [0.25, 0.3) is 0 Å². The van der Waals surface area contributed by atoms with E-state index in [-0.39, 0.29) is 29.2 Å². The summed E-state index contributed by atoms with van der Waals surface area (Å²) in [5.41, 5.74) is 0.0748. The zero-order chi connectivity index (χ0) is 12.8. The number of aliphatic hydroxyl groups excluding tert-OH is 1. The fraction of sp³-hybridized carbons (Fsp3) is 0.455. The summed E-state index contributed by atoms with van der Waals surface area (Å²) in [5.74, 6) is -0.819. The van der Waals surface area contributed by atoms with Crippen LogP contribution in [0.4, 0.5) is 5.82 Å². The minimum absolute atomic E-state index is 0.0240. The molecule has 1 aromatic rings. The van der Waals surface area contributed by atoms with Crippen LogP contribution >= 0.6 is 11.6 Å². The molecular formula is C11H15ClN2O3. The van der Waals surface area contributed by atoms with Crippen LogP contribution in [-0.4, -0.2) is 33.8 Å². The molecule has 0 fully saturated rings. The molecule has 6 heteroatoms. The lowest BCUT2D eigenvalue weighted by Gasteiger charge is -2.17. The molecule has 0 saturated carbocycles. The summed E-state index contributed by atoms with van der Waals surface area (Å²) in [6.45, 7) is 1.98. The largest absolute Gasteiger partial charge is 0.478 e. The van der Waals surface area contributed by atoms with Crippen molar-refractivity contribution in [2.45, 2.75) is 25.8 Å². The van der Waals surface area contributed by atoms with Crippen LogP contribution in [0.5, 0.6) is 0 Å². The number of halogens is 1. The van der Waals surface area contributed by atoms with Crippen molar-refractivity contribution in [3.8, 4) is 0 Å². The molecule has 0 aromatic carbocycles. The predicted octanol–water partition coefficient (Wildman–Crippen LogP) is 2.01. The number of carboxylic acids is 1. The zero-order valence-corrected chi connectivity index (χ0v) is 10.2. The molecule has 5 nitrogen and oxygen atoms in total. The number of anilines is 1. The van der Waals surface area contributed by atoms with Crippen LogP contribution in [0.1, 0.15) is 30.1 Å². The van der Waals surface area contributed by atoms with Gasteiger partial charge >= 0.3 is 5.97 Å². The second-order valence-corrected chi connectivity index (χ2v) is 3.98. The van der Waals surface area contributed by atoms with Gasteiger partial charge in [0.1, 0.15) is 16.5 Å². The lowest BCUT2D eigenvalue weighted by Crippen LogP contribution is -2.22. The van der Waals surface area contributed by atoms with Crippen molar-refractivity contribution in [1.29, 1.82) is 0 Å². The van der Waals surface area contributed by atoms with Crippen molar-refractivity contribution in [3.05, 3.63) is 22.8 Å². The van der Waals surface area contributed by atoms with E-state index in [1.54, 1.807) is 0 Å². The first-order chi connectivity index (χ1) is 8.08. The number of aliphatic hydroxyl groups is 1. The van der Waals surface area contributed by atoms with Crippen LogP contribution in [0.15, 0.2) is 12.1 Å². The normalized spacial score (nSPS) is 12.2. The zero-order valence-electron chi connectivity index (χ0n) is 9.48. The number of aromatic nitrogens is 1. The first-order valence-electron chi connectivity index (χ1n) is 5.35. The molecule has 0 aliphatic rings. The first kappa shape index (κ1) is 13.7. The number of pyridine rings is 1. The fourth-order valence-electron chi connectivity index (χ4n) is 1.45. The van der Waals surface area contributed by atoms with Crippen molar-refractivity contribution in [2.24, 2.45) is 0 Å². The van der Waals surface area contributed by atoms with Crippen molar-refractivity contribution in [2.75, 3.05) is 11.9 Å². The molecule has 0 aliphatic heterocycles. The Morgan fingerprint density at radius 3 is 2.82 bits per heavy atom. The molecule has 3 N–H and O–H groups in total. The summed E-state index contributed by atoms with van der Waals surface area (Å²) in [4.78, 5) is 14.9. The van der Waals surface area contributed by atoms with E-state index >= 15 is 0 Å². The quantitative estimate of drug-likeness (QED) is 0.680. The Morgan fingerprint density at radius 1 is 1.59 bits per heavy atom. The van der Waals surface area contributed by atoms with Gasteiger partial charge in [0.2, 0.25) is 0 Å². The van der Waals surface area contributed by atoms with Gasteiger partial charge in [-0.1, -0.05) is 18.5 Å². The van der Waals surface area contributed by atoms with Crippen molar-refractivity contribution < 1.29 is 15.0 Å². The molecular weight excluding hydrogens is 244 g/mol. The minimum Gasteiger partial charge on any atom is -0.478 e. The van der Waals surface area contributed by atoms with Gasteiger partial charge < -0.3 is 15.5 Å². The molecule has 0 spiro atoms. The SMILES string of the molecule is CCC(CCO)Nc1nc(Cl)ccc1C(=O)O. The van der Waals surface area contributed by atoms with Crippen molar-refractivity contribution in [1.82, 2.24) is 4.98 Å². The Kier molecular flexibility index (Phi) is 5.18. The molecule has 0 amide bonds. The number of carbonyl (C=O) groups is 1. The second kappa shape index (κ2) is 6.42. The van der Waals surface area contributed by atoms with Gasteiger partial charge in [-0.25, -0.2) is 9.78 Å². The van der Waals surface area contributed by atoms with Crippen LogP contribution < -0.4 is 5.32 Å². The second-order valence-electron chi connectivity index (χ2n) is 3.60. The standard InChI is InChI=1S/C11H15ClN2O3/c1-2-7(5-6-15)13-10-8(11(16)17)3-4-9(12)14-10/h3-4,7,15H,2,5-6H2,1H3,(H,13,14)(H,16,17). The van der Waals surface area contributed by atoms with Gasteiger partial charge in [-0.05, 0) is 25.0 Å². The monoisotopic (exact) mass is 258 g/mol. The number of aromatic carboxylic acids is 1. The maximum Gasteiger partial charge on any atom is 0.339 e. The summed E-state index contributed by atoms with van der Waals surface area (Å²) in [5, 5.41) is 21.1. The van der Waals surface area contributed by atoms with E-state index in [1.807, 2.05) is 6.92 Å². The third-order valence-electron chi connectivity index (χ3n) is 2.40. The van der Waals surface area contributed by atoms with Gasteiger partial charge in [0.05, 0.1) is 0 Å². The molecule has 1 unspecified atom stereocenters. The maximum absolute atomic E-state index is 11.0. The summed E-state index contributed by atoms with van der Waals surface area (Å²) < 4.78 is 0. The molecule has 1 aromatic heterocycles. The molecule has 17 heavy (non-hydrogen) atoms. The lowest BCUT2D eigenvalue weighted by molar-refractivity contribution is 0.0697. The highest BCUT2D eigenvalue weighted by Crippen LogP contribution is 2.18. The van der Waals surface area contributed by atoms with E-state index in [1.165, 1.54) is 12.1 Å². The number of rotatable bonds is 6. The van der Waals surface area contributed by atoms with E-state index in [9.17, 15) is 4.79 Å². The average molecular weight is 259 g/mol. The molecule has 0 aliphatic carbocycles. The van der Waals surface area contributed by atoms with Crippen LogP contribution in [0, 0.1) is 0 Å². The summed E-state index contributed by atoms with van der Waals surface area (Å²) >= 11 is 5.73. The van der Waals surface area contributed by atoms with E-state index in [4.69, 9.17) is 21.8 Å². The number of hydrogen-bond acceptors (Lipinski definition) is 4. The number of nitrogens with one attached hydrogen (secondary N) is 1. The van der Waals surface area contributed by atoms with Crippen LogP contribution in [0.3, 0.4) is 0 Å². The number of hydrogen-bond donors (Lipinski definition) is 3. The summed E-state index contributed by atoms with van der Waals surface area (Å²) in [6, 6.07) is 2.82. The maximum atomic E-state index is 11.0. The van der Waals surface area contributed by atoms with Crippen LogP contribution in [0.2, 0.25) is 5.15 Å². The molecule has 0 radical (unpaired) electrons. The third-order valence-corrected chi connectivity index (χ3v) is 2.61. The van der Waals surface area contributed by atoms with E-state index in [0.717, 1.165) is 6.42 Å². The van der Waals surface area contributed by atoms with E-state index in [2.05, 4.69) is 10.3 Å². The number of carboxylic acid groups (broad SMARTS) is 1. The Balaban J connectivity index is 2.94. The topological polar surface area (TPSA) is 82.5 Å². The Bertz CT molecular complexity index is 398. The molecule has 0 bridgehead atoms. The highest BCUT2D eigenvalue weighted by atomic mass is 35.5. The lowest BCUT2D eigenvalue weighted by atomic mass is 10.1. The molecule has 1 heterocycles. The molecule has 94 valence electrons. The third kappa shape index (κ3) is 3.87. The van der Waals surface area contributed by atoms with E-state index in [0.29, 0.717) is 6.42 Å². The van der Waals surface area contributed by atoms with Crippen LogP contribution in [-0.2, 0) is 0 Å². The Labute approximate surface area is 104 Å². The van der Waals surface area contributed by atoms with Crippen molar-refractivity contribution in [3.63, 3.8) is 0 Å². The summed E-state index contributed by atoms with van der Waals surface area (Å²) in [7, 11) is 0. The van der Waals surface area contributed by atoms with Gasteiger partial charge in [0.15, 0.2) is 0 Å². The van der Waals surface area contributed by atoms with E-state index < -0.39 is 5.97 Å². The fourth-order valence-corrected chi connectivity index (χ4v) is 1.59. The number of nitrogens with zero attached hydrogens (tertiary/aromatic N) is 1. The van der Waals surface area contributed by atoms with Gasteiger partial charge in [0.25, 0.3) is 0 Å². The van der Waals surface area contributed by atoms with Gasteiger partial charge in [0, 0.05) is 12.6 Å². The first-order valence-corrected chi connectivity index (χ1v) is 5.73. The van der Waals surface area contributed by atoms with Crippen molar-refractivity contribution >= 4 is 23.4 Å². The smallest absolute Gasteiger partial charge is 0.339 e. The Hall–Kier alpha value is -1.33. The predicted molar refractivity (Wildman–Crippen MR) is 65.6 cm³/mol. The molecule has 0 saturated heterocycles. The average Bonchev–Trinajstić information content (AvgIpc) is 2.28.